The van der Waals surface area contributed by atoms with Gasteiger partial charge in [0.05, 0.1) is 14.2 Å². The molecular formula is C23H28N2O4. The van der Waals surface area contributed by atoms with E-state index in [4.69, 9.17) is 9.47 Å². The summed E-state index contributed by atoms with van der Waals surface area (Å²) < 4.78 is 10.5. The highest BCUT2D eigenvalue weighted by atomic mass is 16.5. The van der Waals surface area contributed by atoms with Gasteiger partial charge in [0.15, 0.2) is 11.5 Å². The smallest absolute Gasteiger partial charge is 0.251 e. The highest BCUT2D eigenvalue weighted by Crippen LogP contribution is 2.27. The second-order valence-electron chi connectivity index (χ2n) is 7.23. The predicted octanol–water partition coefficient (Wildman–Crippen LogP) is 3.35. The van der Waals surface area contributed by atoms with Crippen LogP contribution in [0.2, 0.25) is 0 Å². The number of carbonyl (C=O) groups excluding carboxylic acids is 2. The molecule has 0 aliphatic heterocycles. The number of methoxy groups -OCH3 is 2. The minimum absolute atomic E-state index is 0.0719. The van der Waals surface area contributed by atoms with E-state index < -0.39 is 0 Å². The fraction of sp³-hybridized carbons (Fsp3) is 0.391. The molecule has 2 aromatic carbocycles. The lowest BCUT2D eigenvalue weighted by atomic mass is 10.1. The van der Waals surface area contributed by atoms with Crippen molar-refractivity contribution in [2.24, 2.45) is 0 Å². The summed E-state index contributed by atoms with van der Waals surface area (Å²) in [5, 5.41) is 5.96. The van der Waals surface area contributed by atoms with Gasteiger partial charge in [-0.1, -0.05) is 18.9 Å². The molecule has 0 heterocycles. The van der Waals surface area contributed by atoms with Crippen molar-refractivity contribution < 1.29 is 19.1 Å². The van der Waals surface area contributed by atoms with Crippen LogP contribution in [0.4, 0.5) is 0 Å². The zero-order chi connectivity index (χ0) is 20.6. The largest absolute Gasteiger partial charge is 0.493 e. The fourth-order valence-corrected chi connectivity index (χ4v) is 3.57. The van der Waals surface area contributed by atoms with Gasteiger partial charge in [-0.05, 0) is 61.2 Å². The maximum atomic E-state index is 12.4. The molecular weight excluding hydrogens is 368 g/mol. The Morgan fingerprint density at radius 1 is 0.897 bits per heavy atom. The minimum Gasteiger partial charge on any atom is -0.493 e. The molecule has 2 aromatic rings. The van der Waals surface area contributed by atoms with Gasteiger partial charge in [0.25, 0.3) is 11.8 Å². The zero-order valence-electron chi connectivity index (χ0n) is 17.0. The van der Waals surface area contributed by atoms with Crippen LogP contribution in [-0.2, 0) is 6.42 Å². The van der Waals surface area contributed by atoms with E-state index in [1.807, 2.05) is 18.2 Å². The molecule has 0 atom stereocenters. The van der Waals surface area contributed by atoms with Gasteiger partial charge >= 0.3 is 0 Å². The Kier molecular flexibility index (Phi) is 7.11. The second kappa shape index (κ2) is 9.96. The zero-order valence-corrected chi connectivity index (χ0v) is 17.0. The minimum atomic E-state index is -0.159. The van der Waals surface area contributed by atoms with E-state index in [-0.39, 0.29) is 17.9 Å². The Labute approximate surface area is 171 Å². The molecule has 0 bridgehead atoms. The summed E-state index contributed by atoms with van der Waals surface area (Å²) in [7, 11) is 3.20. The summed E-state index contributed by atoms with van der Waals surface area (Å²) in [6.07, 6.45) is 5.12. The molecule has 6 heteroatoms. The molecule has 1 saturated carbocycles. The Bertz CT molecular complexity index is 842. The first kappa shape index (κ1) is 20.7. The Balaban J connectivity index is 1.49. The van der Waals surface area contributed by atoms with Gasteiger partial charge in [-0.2, -0.15) is 0 Å². The van der Waals surface area contributed by atoms with Crippen molar-refractivity contribution in [2.45, 2.75) is 38.1 Å². The molecule has 154 valence electrons. The lowest BCUT2D eigenvalue weighted by Crippen LogP contribution is -2.32. The van der Waals surface area contributed by atoms with Crippen molar-refractivity contribution in [2.75, 3.05) is 20.8 Å². The van der Waals surface area contributed by atoms with Crippen LogP contribution in [0.1, 0.15) is 52.0 Å². The molecule has 0 spiro atoms. The molecule has 2 N–H and O–H groups in total. The first-order valence-electron chi connectivity index (χ1n) is 10.0. The van der Waals surface area contributed by atoms with Crippen LogP contribution in [0, 0.1) is 0 Å². The first-order valence-corrected chi connectivity index (χ1v) is 10.0. The number of rotatable bonds is 8. The lowest BCUT2D eigenvalue weighted by molar-refractivity contribution is 0.0931. The maximum absolute atomic E-state index is 12.4. The van der Waals surface area contributed by atoms with Crippen LogP contribution >= 0.6 is 0 Å². The molecule has 1 fully saturated rings. The van der Waals surface area contributed by atoms with Crippen LogP contribution in [0.15, 0.2) is 42.5 Å². The molecule has 0 unspecified atom stereocenters. The number of amides is 2. The SMILES string of the molecule is COc1ccc(CCNC(=O)c2ccc(C(=O)NC3CCCC3)cc2)cc1OC. The quantitative estimate of drug-likeness (QED) is 0.717. The van der Waals surface area contributed by atoms with Gasteiger partial charge in [0.1, 0.15) is 0 Å². The van der Waals surface area contributed by atoms with Gasteiger partial charge in [0.2, 0.25) is 0 Å². The van der Waals surface area contributed by atoms with E-state index in [2.05, 4.69) is 10.6 Å². The normalized spacial score (nSPS) is 13.7. The Morgan fingerprint density at radius 2 is 1.52 bits per heavy atom. The molecule has 2 amide bonds. The van der Waals surface area contributed by atoms with E-state index in [1.165, 1.54) is 12.8 Å². The molecule has 3 rings (SSSR count). The highest BCUT2D eigenvalue weighted by molar-refractivity contribution is 5.97. The van der Waals surface area contributed by atoms with Crippen molar-refractivity contribution in [1.82, 2.24) is 10.6 Å². The van der Waals surface area contributed by atoms with Gasteiger partial charge in [-0.3, -0.25) is 9.59 Å². The highest BCUT2D eigenvalue weighted by Gasteiger charge is 2.18. The van der Waals surface area contributed by atoms with Crippen LogP contribution in [-0.4, -0.2) is 38.6 Å². The molecule has 29 heavy (non-hydrogen) atoms. The summed E-state index contributed by atoms with van der Waals surface area (Å²) in [6, 6.07) is 12.8. The van der Waals surface area contributed by atoms with Crippen LogP contribution in [0.5, 0.6) is 11.5 Å². The molecule has 0 saturated heterocycles. The summed E-state index contributed by atoms with van der Waals surface area (Å²) in [5.74, 6) is 1.12. The summed E-state index contributed by atoms with van der Waals surface area (Å²) >= 11 is 0. The molecule has 0 radical (unpaired) electrons. The van der Waals surface area contributed by atoms with E-state index in [1.54, 1.807) is 38.5 Å². The molecule has 1 aliphatic carbocycles. The predicted molar refractivity (Wildman–Crippen MR) is 112 cm³/mol. The van der Waals surface area contributed by atoms with Gasteiger partial charge < -0.3 is 20.1 Å². The molecule has 0 aromatic heterocycles. The van der Waals surface area contributed by atoms with E-state index in [0.717, 1.165) is 18.4 Å². The van der Waals surface area contributed by atoms with E-state index in [9.17, 15) is 9.59 Å². The number of hydrogen-bond donors (Lipinski definition) is 2. The van der Waals surface area contributed by atoms with E-state index >= 15 is 0 Å². The van der Waals surface area contributed by atoms with Crippen LogP contribution < -0.4 is 20.1 Å². The van der Waals surface area contributed by atoms with Gasteiger partial charge in [-0.15, -0.1) is 0 Å². The number of benzene rings is 2. The van der Waals surface area contributed by atoms with Crippen molar-refractivity contribution >= 4 is 11.8 Å². The summed E-state index contributed by atoms with van der Waals surface area (Å²) in [5.41, 5.74) is 2.16. The van der Waals surface area contributed by atoms with Gasteiger partial charge in [-0.25, -0.2) is 0 Å². The number of hydrogen-bond acceptors (Lipinski definition) is 4. The fourth-order valence-electron chi connectivity index (χ4n) is 3.57. The van der Waals surface area contributed by atoms with Crippen molar-refractivity contribution in [3.63, 3.8) is 0 Å². The lowest BCUT2D eigenvalue weighted by Gasteiger charge is -2.12. The standard InChI is InChI=1S/C23H28N2O4/c1-28-20-12-7-16(15-21(20)29-2)13-14-24-22(26)17-8-10-18(11-9-17)23(27)25-19-5-3-4-6-19/h7-12,15,19H,3-6,13-14H2,1-2H3,(H,24,26)(H,25,27). The second-order valence-corrected chi connectivity index (χ2v) is 7.23. The van der Waals surface area contributed by atoms with E-state index in [0.29, 0.717) is 35.6 Å². The maximum Gasteiger partial charge on any atom is 0.251 e. The van der Waals surface area contributed by atoms with Crippen LogP contribution in [0.25, 0.3) is 0 Å². The topological polar surface area (TPSA) is 76.7 Å². The third-order valence-corrected chi connectivity index (χ3v) is 5.25. The van der Waals surface area contributed by atoms with Gasteiger partial charge in [0, 0.05) is 23.7 Å². The number of nitrogens with one attached hydrogen (secondary N) is 2. The number of ether oxygens (including phenoxy) is 2. The van der Waals surface area contributed by atoms with Crippen molar-refractivity contribution in [1.29, 1.82) is 0 Å². The van der Waals surface area contributed by atoms with Crippen molar-refractivity contribution in [3.05, 3.63) is 59.2 Å². The molecule has 1 aliphatic rings. The average molecular weight is 396 g/mol. The summed E-state index contributed by atoms with van der Waals surface area (Å²) in [4.78, 5) is 24.6. The van der Waals surface area contributed by atoms with Crippen LogP contribution in [0.3, 0.4) is 0 Å². The summed E-state index contributed by atoms with van der Waals surface area (Å²) in [6.45, 7) is 0.498. The number of carbonyl (C=O) groups is 2. The Morgan fingerprint density at radius 3 is 2.14 bits per heavy atom. The monoisotopic (exact) mass is 396 g/mol. The van der Waals surface area contributed by atoms with Crippen molar-refractivity contribution in [3.8, 4) is 11.5 Å². The average Bonchev–Trinajstić information content (AvgIpc) is 3.26. The third-order valence-electron chi connectivity index (χ3n) is 5.25. The molecule has 6 nitrogen and oxygen atoms in total. The Hall–Kier alpha value is -3.02. The first-order chi connectivity index (χ1) is 14.1. The third kappa shape index (κ3) is 5.50.